The third-order valence-electron chi connectivity index (χ3n) is 1.99. The molecule has 0 N–H and O–H groups in total. The molecule has 0 saturated carbocycles. The molecule has 1 aromatic rings. The lowest BCUT2D eigenvalue weighted by Crippen LogP contribution is -2.24. The van der Waals surface area contributed by atoms with Crippen LogP contribution in [0.3, 0.4) is 0 Å². The predicted molar refractivity (Wildman–Crippen MR) is 58.6 cm³/mol. The van der Waals surface area contributed by atoms with Gasteiger partial charge in [-0.25, -0.2) is 4.79 Å². The van der Waals surface area contributed by atoms with Crippen molar-refractivity contribution in [1.29, 1.82) is 0 Å². The van der Waals surface area contributed by atoms with Gasteiger partial charge < -0.3 is 0 Å². The summed E-state index contributed by atoms with van der Waals surface area (Å²) in [5, 5.41) is 0. The van der Waals surface area contributed by atoms with Gasteiger partial charge in [0.05, 0.1) is 0 Å². The molecule has 0 unspecified atom stereocenters. The molecule has 1 rings (SSSR count). The Morgan fingerprint density at radius 1 is 1.50 bits per heavy atom. The van der Waals surface area contributed by atoms with Crippen LogP contribution in [0, 0.1) is 0 Å². The number of rotatable bonds is 4. The van der Waals surface area contributed by atoms with Crippen molar-refractivity contribution in [3.8, 4) is 0 Å². The standard InChI is InChI=1S/C10H15ClN2O/c1-3-4-12-5-6-13(10(12)14)8-9(2)7-11/h5-7H,3-4,8H2,1-2H3/b9-7+. The quantitative estimate of drug-likeness (QED) is 0.755. The van der Waals surface area contributed by atoms with Crippen LogP contribution in [0.25, 0.3) is 0 Å². The lowest BCUT2D eigenvalue weighted by atomic mass is 10.3. The first-order valence-electron chi connectivity index (χ1n) is 4.70. The highest BCUT2D eigenvalue weighted by molar-refractivity contribution is 6.25. The van der Waals surface area contributed by atoms with E-state index in [1.165, 1.54) is 5.54 Å². The molecule has 0 bridgehead atoms. The van der Waals surface area contributed by atoms with E-state index in [4.69, 9.17) is 11.6 Å². The molecule has 0 aliphatic rings. The Bertz CT molecular complexity index is 376. The molecule has 0 fully saturated rings. The van der Waals surface area contributed by atoms with Crippen molar-refractivity contribution >= 4 is 11.6 Å². The molecule has 0 radical (unpaired) electrons. The largest absolute Gasteiger partial charge is 0.328 e. The molecule has 4 heteroatoms. The average Bonchev–Trinajstić information content (AvgIpc) is 2.50. The summed E-state index contributed by atoms with van der Waals surface area (Å²) in [7, 11) is 0. The van der Waals surface area contributed by atoms with E-state index in [1.807, 2.05) is 20.0 Å². The minimum atomic E-state index is 0.0321. The molecular weight excluding hydrogens is 200 g/mol. The lowest BCUT2D eigenvalue weighted by molar-refractivity contribution is 0.622. The Labute approximate surface area is 88.6 Å². The van der Waals surface area contributed by atoms with Gasteiger partial charge in [0.2, 0.25) is 0 Å². The minimum absolute atomic E-state index is 0.0321. The summed E-state index contributed by atoms with van der Waals surface area (Å²) in [5.74, 6) is 0. The highest BCUT2D eigenvalue weighted by atomic mass is 35.5. The summed E-state index contributed by atoms with van der Waals surface area (Å²) in [6.07, 6.45) is 4.57. The van der Waals surface area contributed by atoms with Gasteiger partial charge in [-0.2, -0.15) is 0 Å². The highest BCUT2D eigenvalue weighted by Gasteiger charge is 2.01. The van der Waals surface area contributed by atoms with Crippen LogP contribution in [0.5, 0.6) is 0 Å². The summed E-state index contributed by atoms with van der Waals surface area (Å²) in [6.45, 7) is 5.29. The smallest absolute Gasteiger partial charge is 0.299 e. The van der Waals surface area contributed by atoms with E-state index in [1.54, 1.807) is 15.3 Å². The SMILES string of the molecule is CCCn1ccn(C/C(C)=C/Cl)c1=O. The first-order chi connectivity index (χ1) is 6.69. The molecule has 78 valence electrons. The summed E-state index contributed by atoms with van der Waals surface area (Å²) >= 11 is 5.54. The third-order valence-corrected chi connectivity index (χ3v) is 2.36. The zero-order chi connectivity index (χ0) is 10.6. The molecular formula is C10H15ClN2O. The monoisotopic (exact) mass is 214 g/mol. The van der Waals surface area contributed by atoms with Gasteiger partial charge in [0.25, 0.3) is 0 Å². The fourth-order valence-corrected chi connectivity index (χ4v) is 1.36. The minimum Gasteiger partial charge on any atom is -0.299 e. The molecule has 0 aromatic carbocycles. The maximum absolute atomic E-state index is 11.7. The third kappa shape index (κ3) is 2.51. The number of imidazole rings is 1. The van der Waals surface area contributed by atoms with Crippen LogP contribution in [0.2, 0.25) is 0 Å². The number of aryl methyl sites for hydroxylation is 1. The van der Waals surface area contributed by atoms with Crippen molar-refractivity contribution in [2.75, 3.05) is 0 Å². The number of nitrogens with zero attached hydrogens (tertiary/aromatic N) is 2. The topological polar surface area (TPSA) is 26.9 Å². The predicted octanol–water partition coefficient (Wildman–Crippen LogP) is 2.20. The number of allylic oxidation sites excluding steroid dienone is 1. The van der Waals surface area contributed by atoms with E-state index in [-0.39, 0.29) is 5.69 Å². The Hall–Kier alpha value is -0.960. The van der Waals surface area contributed by atoms with Crippen LogP contribution >= 0.6 is 11.6 Å². The molecule has 0 atom stereocenters. The van der Waals surface area contributed by atoms with Crippen LogP contribution in [-0.4, -0.2) is 9.13 Å². The maximum atomic E-state index is 11.7. The fraction of sp³-hybridized carbons (Fsp3) is 0.500. The van der Waals surface area contributed by atoms with Crippen molar-refractivity contribution in [3.05, 3.63) is 34.0 Å². The zero-order valence-corrected chi connectivity index (χ0v) is 9.29. The number of halogens is 1. The maximum Gasteiger partial charge on any atom is 0.328 e. The van der Waals surface area contributed by atoms with E-state index >= 15 is 0 Å². The van der Waals surface area contributed by atoms with E-state index in [2.05, 4.69) is 0 Å². The summed E-state index contributed by atoms with van der Waals surface area (Å²) < 4.78 is 3.37. The molecule has 0 spiro atoms. The molecule has 0 aliphatic carbocycles. The Morgan fingerprint density at radius 3 is 2.71 bits per heavy atom. The van der Waals surface area contributed by atoms with Crippen LogP contribution in [0.4, 0.5) is 0 Å². The molecule has 3 nitrogen and oxygen atoms in total. The average molecular weight is 215 g/mol. The van der Waals surface area contributed by atoms with Gasteiger partial charge in [-0.15, -0.1) is 0 Å². The van der Waals surface area contributed by atoms with E-state index in [0.717, 1.165) is 18.5 Å². The van der Waals surface area contributed by atoms with Crippen molar-refractivity contribution in [2.24, 2.45) is 0 Å². The Morgan fingerprint density at radius 2 is 2.14 bits per heavy atom. The summed E-state index contributed by atoms with van der Waals surface area (Å²) in [5.41, 5.74) is 2.51. The van der Waals surface area contributed by atoms with Gasteiger partial charge in [-0.1, -0.05) is 18.5 Å². The lowest BCUT2D eigenvalue weighted by Gasteiger charge is -2.00. The molecule has 0 amide bonds. The second-order valence-electron chi connectivity index (χ2n) is 3.36. The van der Waals surface area contributed by atoms with Gasteiger partial charge in [0, 0.05) is 31.0 Å². The Kier molecular flexibility index (Phi) is 4.01. The van der Waals surface area contributed by atoms with Crippen LogP contribution in [-0.2, 0) is 13.1 Å². The molecule has 0 saturated heterocycles. The van der Waals surface area contributed by atoms with Gasteiger partial charge in [0.15, 0.2) is 0 Å². The molecule has 1 heterocycles. The summed E-state index contributed by atoms with van der Waals surface area (Å²) in [6, 6.07) is 0. The van der Waals surface area contributed by atoms with Crippen molar-refractivity contribution in [3.63, 3.8) is 0 Å². The van der Waals surface area contributed by atoms with Gasteiger partial charge in [-0.05, 0) is 18.9 Å². The summed E-state index contributed by atoms with van der Waals surface area (Å²) in [4.78, 5) is 11.7. The molecule has 1 aromatic heterocycles. The Balaban J connectivity index is 2.85. The zero-order valence-electron chi connectivity index (χ0n) is 8.53. The number of hydrogen-bond donors (Lipinski definition) is 0. The van der Waals surface area contributed by atoms with Gasteiger partial charge >= 0.3 is 5.69 Å². The van der Waals surface area contributed by atoms with Crippen LogP contribution < -0.4 is 5.69 Å². The van der Waals surface area contributed by atoms with Gasteiger partial charge in [-0.3, -0.25) is 9.13 Å². The second-order valence-corrected chi connectivity index (χ2v) is 3.58. The fourth-order valence-electron chi connectivity index (χ4n) is 1.29. The van der Waals surface area contributed by atoms with Crippen molar-refractivity contribution in [1.82, 2.24) is 9.13 Å². The molecule has 14 heavy (non-hydrogen) atoms. The first kappa shape index (κ1) is 11.1. The van der Waals surface area contributed by atoms with Crippen molar-refractivity contribution in [2.45, 2.75) is 33.4 Å². The van der Waals surface area contributed by atoms with Crippen LogP contribution in [0.15, 0.2) is 28.3 Å². The van der Waals surface area contributed by atoms with E-state index < -0.39 is 0 Å². The number of aromatic nitrogens is 2. The normalized spacial score (nSPS) is 12.1. The first-order valence-corrected chi connectivity index (χ1v) is 5.14. The van der Waals surface area contributed by atoms with Crippen molar-refractivity contribution < 1.29 is 0 Å². The highest BCUT2D eigenvalue weighted by Crippen LogP contribution is 1.98. The van der Waals surface area contributed by atoms with Crippen LogP contribution in [0.1, 0.15) is 20.3 Å². The van der Waals surface area contributed by atoms with E-state index in [9.17, 15) is 4.79 Å². The number of hydrogen-bond acceptors (Lipinski definition) is 1. The second kappa shape index (κ2) is 5.05. The van der Waals surface area contributed by atoms with Gasteiger partial charge in [0.1, 0.15) is 0 Å². The molecule has 0 aliphatic heterocycles. The van der Waals surface area contributed by atoms with E-state index in [0.29, 0.717) is 6.54 Å².